The maximum absolute atomic E-state index is 12.3. The van der Waals surface area contributed by atoms with E-state index in [0.29, 0.717) is 29.2 Å². The third kappa shape index (κ3) is 5.79. The van der Waals surface area contributed by atoms with Crippen LogP contribution < -0.4 is 10.0 Å². The zero-order chi connectivity index (χ0) is 20.9. The van der Waals surface area contributed by atoms with E-state index in [1.54, 1.807) is 19.2 Å². The summed E-state index contributed by atoms with van der Waals surface area (Å²) in [4.78, 5) is 7.26. The zero-order valence-corrected chi connectivity index (χ0v) is 19.0. The summed E-state index contributed by atoms with van der Waals surface area (Å²) in [7, 11) is 2.12. The highest BCUT2D eigenvalue weighted by Gasteiger charge is 2.17. The molecule has 0 aliphatic rings. The van der Waals surface area contributed by atoms with E-state index in [0.717, 1.165) is 16.1 Å². The van der Waals surface area contributed by atoms with Crippen LogP contribution in [0.4, 0.5) is 0 Å². The minimum absolute atomic E-state index is 0.274. The Labute approximate surface area is 171 Å². The van der Waals surface area contributed by atoms with E-state index in [1.165, 1.54) is 11.3 Å². The lowest BCUT2D eigenvalue weighted by molar-refractivity contribution is 0.473. The topological polar surface area (TPSA) is 91.6 Å². The van der Waals surface area contributed by atoms with Gasteiger partial charge in [0, 0.05) is 57.4 Å². The van der Waals surface area contributed by atoms with Crippen molar-refractivity contribution in [3.05, 3.63) is 34.5 Å². The molecule has 10 heteroatoms. The van der Waals surface area contributed by atoms with E-state index in [9.17, 15) is 8.42 Å². The molecule has 0 aliphatic heterocycles. The van der Waals surface area contributed by atoms with Gasteiger partial charge in [-0.3, -0.25) is 9.67 Å². The van der Waals surface area contributed by atoms with E-state index >= 15 is 0 Å². The van der Waals surface area contributed by atoms with Crippen molar-refractivity contribution in [3.63, 3.8) is 0 Å². The van der Waals surface area contributed by atoms with Crippen LogP contribution in [0.1, 0.15) is 35.9 Å². The van der Waals surface area contributed by atoms with E-state index < -0.39 is 10.0 Å². The number of nitrogens with one attached hydrogen (secondary N) is 2. The lowest BCUT2D eigenvalue weighted by atomic mass is 10.1. The van der Waals surface area contributed by atoms with Crippen molar-refractivity contribution in [1.29, 1.82) is 0 Å². The van der Waals surface area contributed by atoms with Gasteiger partial charge in [-0.25, -0.2) is 13.1 Å². The maximum atomic E-state index is 12.3. The summed E-state index contributed by atoms with van der Waals surface area (Å²) in [5.41, 5.74) is 2.22. The number of aromatic nitrogens is 2. The second kappa shape index (κ2) is 9.53. The molecule has 156 valence electrons. The van der Waals surface area contributed by atoms with Crippen molar-refractivity contribution in [2.45, 2.75) is 37.4 Å². The quantitative estimate of drug-likeness (QED) is 0.382. The molecule has 0 spiro atoms. The van der Waals surface area contributed by atoms with Crippen molar-refractivity contribution < 1.29 is 8.42 Å². The van der Waals surface area contributed by atoms with E-state index in [2.05, 4.69) is 34.0 Å². The lowest BCUT2D eigenvalue weighted by Gasteiger charge is -2.22. The monoisotopic (exact) mass is 426 g/mol. The smallest absolute Gasteiger partial charge is 0.250 e. The Morgan fingerprint density at radius 3 is 2.64 bits per heavy atom. The average Bonchev–Trinajstić information content (AvgIpc) is 3.21. The summed E-state index contributed by atoms with van der Waals surface area (Å²) in [6, 6.07) is 3.43. The molecule has 0 bridgehead atoms. The maximum Gasteiger partial charge on any atom is 0.250 e. The van der Waals surface area contributed by atoms with E-state index in [-0.39, 0.29) is 6.54 Å². The van der Waals surface area contributed by atoms with E-state index in [1.807, 2.05) is 36.8 Å². The summed E-state index contributed by atoms with van der Waals surface area (Å²) >= 11 is 1.26. The fraction of sp³-hybridized carbons (Fsp3) is 0.556. The minimum Gasteiger partial charge on any atom is -0.355 e. The molecule has 0 amide bonds. The molecule has 0 unspecified atom stereocenters. The molecule has 2 aromatic heterocycles. The molecule has 28 heavy (non-hydrogen) atoms. The highest BCUT2D eigenvalue weighted by molar-refractivity contribution is 7.91. The molecular formula is C18H30N6O2S2. The number of aryl methyl sites for hydroxylation is 2. The number of hydrogen-bond acceptors (Lipinski definition) is 5. The fourth-order valence-electron chi connectivity index (χ4n) is 2.87. The molecule has 2 heterocycles. The number of sulfonamides is 1. The first-order chi connectivity index (χ1) is 13.1. The number of nitrogens with zero attached hydrogens (tertiary/aromatic N) is 4. The predicted molar refractivity (Wildman–Crippen MR) is 114 cm³/mol. The molecule has 0 saturated heterocycles. The molecule has 2 N–H and O–H groups in total. The predicted octanol–water partition coefficient (Wildman–Crippen LogP) is 1.90. The van der Waals surface area contributed by atoms with Gasteiger partial charge in [0.25, 0.3) is 0 Å². The summed E-state index contributed by atoms with van der Waals surface area (Å²) in [5.74, 6) is 1.04. The zero-order valence-electron chi connectivity index (χ0n) is 17.4. The van der Waals surface area contributed by atoms with Gasteiger partial charge >= 0.3 is 0 Å². The molecular weight excluding hydrogens is 396 g/mol. The van der Waals surface area contributed by atoms with Crippen LogP contribution in [0.3, 0.4) is 0 Å². The fourth-order valence-corrected chi connectivity index (χ4v) is 5.22. The standard InChI is InChI=1S/C18H30N6O2S2/c1-13(2)17-15(12-24(6)22-17)11-23(5)18(19-4)20-9-10-21-28(25,26)16-8-7-14(3)27-16/h7-8,12-13,21H,9-11H2,1-6H3,(H,19,20). The van der Waals surface area contributed by atoms with Crippen molar-refractivity contribution >= 4 is 27.3 Å². The van der Waals surface area contributed by atoms with Crippen LogP contribution in [0, 0.1) is 6.92 Å². The Morgan fingerprint density at radius 2 is 2.07 bits per heavy atom. The van der Waals surface area contributed by atoms with Crippen LogP contribution in [0.2, 0.25) is 0 Å². The normalized spacial score (nSPS) is 12.6. The van der Waals surface area contributed by atoms with Crippen molar-refractivity contribution in [2.75, 3.05) is 27.2 Å². The summed E-state index contributed by atoms with van der Waals surface area (Å²) in [5, 5.41) is 7.73. The molecule has 0 saturated carbocycles. The van der Waals surface area contributed by atoms with Crippen molar-refractivity contribution in [2.24, 2.45) is 12.0 Å². The van der Waals surface area contributed by atoms with Gasteiger partial charge in [0.2, 0.25) is 10.0 Å². The molecule has 0 aliphatic carbocycles. The molecule has 0 atom stereocenters. The number of rotatable bonds is 8. The van der Waals surface area contributed by atoms with Gasteiger partial charge in [0.15, 0.2) is 5.96 Å². The van der Waals surface area contributed by atoms with Crippen LogP contribution in [-0.2, 0) is 23.6 Å². The van der Waals surface area contributed by atoms with Gasteiger partial charge in [-0.2, -0.15) is 5.10 Å². The first-order valence-corrected chi connectivity index (χ1v) is 11.4. The molecule has 8 nitrogen and oxygen atoms in total. The number of aliphatic imine (C=N–C) groups is 1. The Hall–Kier alpha value is -1.91. The van der Waals surface area contributed by atoms with Gasteiger partial charge in [-0.1, -0.05) is 13.8 Å². The first-order valence-electron chi connectivity index (χ1n) is 9.14. The summed E-state index contributed by atoms with van der Waals surface area (Å²) in [6.07, 6.45) is 2.02. The molecule has 0 fully saturated rings. The van der Waals surface area contributed by atoms with Crippen LogP contribution in [0.15, 0.2) is 27.5 Å². The summed E-state index contributed by atoms with van der Waals surface area (Å²) in [6.45, 7) is 7.51. The number of hydrogen-bond donors (Lipinski definition) is 2. The second-order valence-electron chi connectivity index (χ2n) is 6.96. The minimum atomic E-state index is -3.46. The largest absolute Gasteiger partial charge is 0.355 e. The highest BCUT2D eigenvalue weighted by Crippen LogP contribution is 2.20. The Bertz CT molecular complexity index is 914. The Kier molecular flexibility index (Phi) is 7.62. The van der Waals surface area contributed by atoms with Crippen LogP contribution in [-0.4, -0.2) is 56.2 Å². The van der Waals surface area contributed by atoms with Crippen molar-refractivity contribution in [1.82, 2.24) is 24.7 Å². The van der Waals surface area contributed by atoms with Crippen molar-refractivity contribution in [3.8, 4) is 0 Å². The Balaban J connectivity index is 1.89. The van der Waals surface area contributed by atoms with Crippen LogP contribution in [0.5, 0.6) is 0 Å². The Morgan fingerprint density at radius 1 is 1.36 bits per heavy atom. The second-order valence-corrected chi connectivity index (χ2v) is 10.2. The molecule has 2 aromatic rings. The molecule has 2 rings (SSSR count). The number of thiophene rings is 1. The van der Waals surface area contributed by atoms with Crippen LogP contribution >= 0.6 is 11.3 Å². The number of guanidine groups is 1. The average molecular weight is 427 g/mol. The SMILES string of the molecule is CN=C(NCCNS(=O)(=O)c1ccc(C)s1)N(C)Cc1cn(C)nc1C(C)C. The first kappa shape index (κ1) is 22.4. The highest BCUT2D eigenvalue weighted by atomic mass is 32.2. The molecule has 0 radical (unpaired) electrons. The van der Waals surface area contributed by atoms with Gasteiger partial charge in [0.05, 0.1) is 5.69 Å². The summed E-state index contributed by atoms with van der Waals surface area (Å²) < 4.78 is 29.3. The van der Waals surface area contributed by atoms with Gasteiger partial charge in [-0.05, 0) is 25.0 Å². The lowest BCUT2D eigenvalue weighted by Crippen LogP contribution is -2.42. The third-order valence-electron chi connectivity index (χ3n) is 4.15. The van der Waals surface area contributed by atoms with Crippen LogP contribution in [0.25, 0.3) is 0 Å². The molecule has 0 aromatic carbocycles. The van der Waals surface area contributed by atoms with Gasteiger partial charge < -0.3 is 10.2 Å². The van der Waals surface area contributed by atoms with Gasteiger partial charge in [0.1, 0.15) is 4.21 Å². The third-order valence-corrected chi connectivity index (χ3v) is 7.10. The van der Waals surface area contributed by atoms with Gasteiger partial charge in [-0.15, -0.1) is 11.3 Å². The van der Waals surface area contributed by atoms with E-state index in [4.69, 9.17) is 0 Å².